The first-order valence-corrected chi connectivity index (χ1v) is 16.0. The lowest BCUT2D eigenvalue weighted by Crippen LogP contribution is -2.49. The number of rotatable bonds is 17. The predicted molar refractivity (Wildman–Crippen MR) is 157 cm³/mol. The quantitative estimate of drug-likeness (QED) is 0.151. The van der Waals surface area contributed by atoms with E-state index in [2.05, 4.69) is 43.3 Å². The standard InChI is InChI=1S/C30H47N4O5P/c1-23(2)34(24(3)4)40(38-21-13-17-31)39-28(22-35)27-16-9-12-19-32(27)18-10-5-6-11-20-33-29(36)25-14-7-8-15-26(25)30(33)37/h7-8,14-15,23-24,27-28,35H,5-6,9-13,16,18-22H2,1-4H3. The molecule has 1 saturated heterocycles. The van der Waals surface area contributed by atoms with Crippen LogP contribution in [0.3, 0.4) is 0 Å². The van der Waals surface area contributed by atoms with Gasteiger partial charge in [0.25, 0.3) is 20.3 Å². The van der Waals surface area contributed by atoms with Crippen molar-refractivity contribution in [2.45, 2.75) is 103 Å². The molecule has 0 bridgehead atoms. The summed E-state index contributed by atoms with van der Waals surface area (Å²) in [5.74, 6) is -0.367. The van der Waals surface area contributed by atoms with E-state index in [1.165, 1.54) is 4.90 Å². The third kappa shape index (κ3) is 8.55. The van der Waals surface area contributed by atoms with Gasteiger partial charge >= 0.3 is 0 Å². The van der Waals surface area contributed by atoms with Crippen LogP contribution in [0.4, 0.5) is 0 Å². The molecule has 10 heteroatoms. The number of likely N-dealkylation sites (tertiary alicyclic amines) is 1. The summed E-state index contributed by atoms with van der Waals surface area (Å²) in [4.78, 5) is 29.0. The van der Waals surface area contributed by atoms with Gasteiger partial charge in [0.1, 0.15) is 6.10 Å². The average Bonchev–Trinajstić information content (AvgIpc) is 3.18. The molecule has 2 amide bonds. The first kappa shape index (κ1) is 32.6. The first-order valence-electron chi connectivity index (χ1n) is 14.8. The number of imide groups is 1. The molecule has 2 heterocycles. The van der Waals surface area contributed by atoms with E-state index in [0.29, 0.717) is 30.7 Å². The highest BCUT2D eigenvalue weighted by molar-refractivity contribution is 7.44. The van der Waals surface area contributed by atoms with Crippen molar-refractivity contribution < 1.29 is 23.7 Å². The fraction of sp³-hybridized carbons (Fsp3) is 0.700. The monoisotopic (exact) mass is 574 g/mol. The summed E-state index contributed by atoms with van der Waals surface area (Å²) in [6.45, 7) is 11.0. The Morgan fingerprint density at radius 2 is 1.65 bits per heavy atom. The van der Waals surface area contributed by atoms with E-state index in [4.69, 9.17) is 14.3 Å². The fourth-order valence-corrected chi connectivity index (χ4v) is 7.47. The van der Waals surface area contributed by atoms with Crippen LogP contribution in [0, 0.1) is 11.3 Å². The van der Waals surface area contributed by atoms with Crippen molar-refractivity contribution in [1.82, 2.24) is 14.5 Å². The van der Waals surface area contributed by atoms with Crippen LogP contribution in [0.1, 0.15) is 99.8 Å². The first-order chi connectivity index (χ1) is 19.3. The van der Waals surface area contributed by atoms with Crippen molar-refractivity contribution in [2.24, 2.45) is 0 Å². The molecule has 0 aromatic heterocycles. The van der Waals surface area contributed by atoms with Crippen molar-refractivity contribution >= 4 is 20.3 Å². The van der Waals surface area contributed by atoms with Crippen molar-refractivity contribution in [3.63, 3.8) is 0 Å². The molecule has 40 heavy (non-hydrogen) atoms. The van der Waals surface area contributed by atoms with Gasteiger partial charge in [-0.3, -0.25) is 19.4 Å². The maximum absolute atomic E-state index is 12.6. The van der Waals surface area contributed by atoms with E-state index >= 15 is 0 Å². The molecule has 1 fully saturated rings. The van der Waals surface area contributed by atoms with Gasteiger partial charge in [-0.25, -0.2) is 4.67 Å². The Labute approximate surface area is 241 Å². The summed E-state index contributed by atoms with van der Waals surface area (Å²) >= 11 is 0. The Morgan fingerprint density at radius 3 is 2.23 bits per heavy atom. The second-order valence-electron chi connectivity index (χ2n) is 11.2. The SMILES string of the molecule is CC(C)N(C(C)C)P(OCCC#N)OC(CO)C1CCCCN1CCCCCCN1C(=O)c2ccccc2C1=O. The lowest BCUT2D eigenvalue weighted by Gasteiger charge is -2.43. The number of carbonyl (C=O) groups excluding carboxylic acids is 2. The highest BCUT2D eigenvalue weighted by Crippen LogP contribution is 2.48. The number of carbonyl (C=O) groups is 2. The van der Waals surface area contributed by atoms with Crippen LogP contribution in [0.25, 0.3) is 0 Å². The maximum atomic E-state index is 12.6. The van der Waals surface area contributed by atoms with Gasteiger partial charge in [-0.15, -0.1) is 0 Å². The zero-order valence-electron chi connectivity index (χ0n) is 24.6. The Hall–Kier alpha value is -1.92. The highest BCUT2D eigenvalue weighted by atomic mass is 31.2. The van der Waals surface area contributed by atoms with Crippen LogP contribution in [0.5, 0.6) is 0 Å². The largest absolute Gasteiger partial charge is 0.394 e. The second kappa shape index (κ2) is 16.5. The van der Waals surface area contributed by atoms with Gasteiger partial charge in [-0.2, -0.15) is 5.26 Å². The van der Waals surface area contributed by atoms with Crippen LogP contribution >= 0.6 is 8.53 Å². The summed E-state index contributed by atoms with van der Waals surface area (Å²) in [5.41, 5.74) is 1.02. The summed E-state index contributed by atoms with van der Waals surface area (Å²) in [7, 11) is -1.42. The molecule has 2 aliphatic rings. The number of benzene rings is 1. The number of unbranched alkanes of at least 4 members (excludes halogenated alkanes) is 3. The second-order valence-corrected chi connectivity index (χ2v) is 12.6. The summed E-state index contributed by atoms with van der Waals surface area (Å²) < 4.78 is 14.8. The third-order valence-electron chi connectivity index (χ3n) is 7.62. The van der Waals surface area contributed by atoms with Gasteiger partial charge in [-0.1, -0.05) is 31.4 Å². The summed E-state index contributed by atoms with van der Waals surface area (Å²) in [6.07, 6.45) is 6.90. The normalized spacial score (nSPS) is 19.5. The van der Waals surface area contributed by atoms with Crippen LogP contribution in [0.2, 0.25) is 0 Å². The van der Waals surface area contributed by atoms with E-state index < -0.39 is 8.53 Å². The number of aliphatic hydroxyl groups is 1. The Bertz CT molecular complexity index is 958. The van der Waals surface area contributed by atoms with Crippen LogP contribution < -0.4 is 0 Å². The molecular formula is C30H47N4O5P. The minimum Gasteiger partial charge on any atom is -0.394 e. The Morgan fingerprint density at radius 1 is 1.02 bits per heavy atom. The molecule has 1 N–H and O–H groups in total. The Kier molecular flexibility index (Phi) is 13.4. The highest BCUT2D eigenvalue weighted by Gasteiger charge is 2.36. The zero-order chi connectivity index (χ0) is 29.1. The van der Waals surface area contributed by atoms with Gasteiger partial charge in [0.15, 0.2) is 0 Å². The number of amides is 2. The predicted octanol–water partition coefficient (Wildman–Crippen LogP) is 5.35. The molecule has 222 valence electrons. The van der Waals surface area contributed by atoms with Gasteiger partial charge in [-0.05, 0) is 78.6 Å². The topological polar surface area (TPSA) is 106 Å². The smallest absolute Gasteiger partial charge is 0.261 e. The van der Waals surface area contributed by atoms with E-state index in [1.807, 2.05) is 0 Å². The molecule has 3 unspecified atom stereocenters. The molecule has 2 aliphatic heterocycles. The van der Waals surface area contributed by atoms with Gasteiger partial charge < -0.3 is 14.2 Å². The summed E-state index contributed by atoms with van der Waals surface area (Å²) in [5, 5.41) is 19.4. The van der Waals surface area contributed by atoms with Crippen LogP contribution in [-0.4, -0.2) is 88.5 Å². The van der Waals surface area contributed by atoms with Crippen molar-refractivity contribution in [3.8, 4) is 6.07 Å². The van der Waals surface area contributed by atoms with E-state index in [9.17, 15) is 14.7 Å². The van der Waals surface area contributed by atoms with E-state index in [0.717, 1.165) is 58.0 Å². The minimum absolute atomic E-state index is 0.0775. The van der Waals surface area contributed by atoms with Crippen molar-refractivity contribution in [2.75, 3.05) is 32.8 Å². The molecule has 0 aliphatic carbocycles. The number of hydrogen-bond acceptors (Lipinski definition) is 8. The van der Waals surface area contributed by atoms with Gasteiger partial charge in [0.2, 0.25) is 0 Å². The molecule has 1 aromatic carbocycles. The molecule has 1 aromatic rings. The maximum Gasteiger partial charge on any atom is 0.261 e. The number of piperidine rings is 1. The van der Waals surface area contributed by atoms with Crippen molar-refractivity contribution in [3.05, 3.63) is 35.4 Å². The fourth-order valence-electron chi connectivity index (χ4n) is 5.73. The van der Waals surface area contributed by atoms with Crippen LogP contribution in [0.15, 0.2) is 24.3 Å². The minimum atomic E-state index is -1.42. The lowest BCUT2D eigenvalue weighted by atomic mass is 9.97. The third-order valence-corrected chi connectivity index (χ3v) is 9.77. The number of hydrogen-bond donors (Lipinski definition) is 1. The van der Waals surface area contributed by atoms with Crippen molar-refractivity contribution in [1.29, 1.82) is 5.26 Å². The Balaban J connectivity index is 1.50. The molecule has 3 rings (SSSR count). The molecule has 0 radical (unpaired) electrons. The number of fused-ring (bicyclic) bond motifs is 1. The molecular weight excluding hydrogens is 527 g/mol. The molecule has 0 saturated carbocycles. The van der Waals surface area contributed by atoms with Crippen LogP contribution in [-0.2, 0) is 9.05 Å². The van der Waals surface area contributed by atoms with Gasteiger partial charge in [0, 0.05) is 24.7 Å². The summed E-state index contributed by atoms with van der Waals surface area (Å²) in [6, 6.07) is 9.69. The number of nitriles is 1. The molecule has 9 nitrogen and oxygen atoms in total. The van der Waals surface area contributed by atoms with E-state index in [-0.39, 0.29) is 42.7 Å². The lowest BCUT2D eigenvalue weighted by molar-refractivity contribution is -0.00144. The average molecular weight is 575 g/mol. The molecule has 3 atom stereocenters. The zero-order valence-corrected chi connectivity index (χ0v) is 25.5. The van der Waals surface area contributed by atoms with Gasteiger partial charge in [0.05, 0.1) is 36.8 Å². The molecule has 0 spiro atoms. The van der Waals surface area contributed by atoms with E-state index in [1.54, 1.807) is 24.3 Å². The number of aliphatic hydroxyl groups excluding tert-OH is 1. The number of nitrogens with zero attached hydrogens (tertiary/aromatic N) is 4.